The largest absolute Gasteiger partial charge is 0.361 e. The van der Waals surface area contributed by atoms with Crippen LogP contribution in [0.5, 0.6) is 0 Å². The number of nitrogens with one attached hydrogen (secondary N) is 1. The highest BCUT2D eigenvalue weighted by molar-refractivity contribution is 5.98. The van der Waals surface area contributed by atoms with E-state index in [2.05, 4.69) is 17.1 Å². The molecule has 2 amide bonds. The summed E-state index contributed by atoms with van der Waals surface area (Å²) in [6.45, 7) is 3.76. The Morgan fingerprint density at radius 3 is 2.61 bits per heavy atom. The Morgan fingerprint density at radius 1 is 1.00 bits per heavy atom. The van der Waals surface area contributed by atoms with Crippen molar-refractivity contribution in [1.29, 1.82) is 0 Å². The number of fused-ring (bicyclic) bond motifs is 2. The summed E-state index contributed by atoms with van der Waals surface area (Å²) in [6, 6.07) is 18.1. The summed E-state index contributed by atoms with van der Waals surface area (Å²) in [5.41, 5.74) is 2.86. The lowest BCUT2D eigenvalue weighted by atomic mass is 9.89. The van der Waals surface area contributed by atoms with Crippen LogP contribution in [0.3, 0.4) is 0 Å². The average Bonchev–Trinajstić information content (AvgIpc) is 3.41. The maximum absolute atomic E-state index is 13.1. The van der Waals surface area contributed by atoms with Crippen LogP contribution >= 0.6 is 0 Å². The zero-order chi connectivity index (χ0) is 19.3. The van der Waals surface area contributed by atoms with Crippen molar-refractivity contribution < 1.29 is 9.59 Å². The van der Waals surface area contributed by atoms with Gasteiger partial charge in [-0.25, -0.2) is 0 Å². The number of likely N-dealkylation sites (tertiary alicyclic amines) is 2. The van der Waals surface area contributed by atoms with Crippen LogP contribution < -0.4 is 0 Å². The molecule has 0 aliphatic carbocycles. The number of nitrogens with zero attached hydrogens (tertiary/aromatic N) is 2. The molecule has 2 fully saturated rings. The summed E-state index contributed by atoms with van der Waals surface area (Å²) in [5, 5.41) is 1.11. The monoisotopic (exact) mass is 373 g/mol. The van der Waals surface area contributed by atoms with E-state index < -0.39 is 0 Å². The SMILES string of the molecule is CC(=O)N1C[C@H]2CN(C(=O)c3ccc4cc[nH]c4c3)C[C@H]2[C@@H]1c1ccccc1. The molecule has 5 heteroatoms. The van der Waals surface area contributed by atoms with Gasteiger partial charge in [0.15, 0.2) is 0 Å². The lowest BCUT2D eigenvalue weighted by molar-refractivity contribution is -0.130. The van der Waals surface area contributed by atoms with Crippen molar-refractivity contribution in [3.05, 3.63) is 71.9 Å². The summed E-state index contributed by atoms with van der Waals surface area (Å²) in [7, 11) is 0. The van der Waals surface area contributed by atoms with E-state index in [0.717, 1.165) is 28.6 Å². The van der Waals surface area contributed by atoms with Crippen LogP contribution in [0.4, 0.5) is 0 Å². The van der Waals surface area contributed by atoms with Crippen molar-refractivity contribution in [2.45, 2.75) is 13.0 Å². The van der Waals surface area contributed by atoms with E-state index in [1.165, 1.54) is 0 Å². The van der Waals surface area contributed by atoms with Crippen molar-refractivity contribution in [2.24, 2.45) is 11.8 Å². The molecule has 2 saturated heterocycles. The number of aromatic nitrogens is 1. The van der Waals surface area contributed by atoms with E-state index in [9.17, 15) is 9.59 Å². The van der Waals surface area contributed by atoms with E-state index in [0.29, 0.717) is 19.0 Å². The number of H-pyrrole nitrogens is 1. The minimum atomic E-state index is 0.0485. The van der Waals surface area contributed by atoms with Crippen molar-refractivity contribution in [3.63, 3.8) is 0 Å². The van der Waals surface area contributed by atoms with E-state index in [1.807, 2.05) is 58.5 Å². The molecule has 0 radical (unpaired) electrons. The van der Waals surface area contributed by atoms with Crippen LogP contribution in [0.1, 0.15) is 28.9 Å². The molecule has 3 aromatic rings. The highest BCUT2D eigenvalue weighted by Gasteiger charge is 2.49. The molecule has 5 rings (SSSR count). The number of hydrogen-bond donors (Lipinski definition) is 1. The van der Waals surface area contributed by atoms with Gasteiger partial charge in [0.1, 0.15) is 0 Å². The third-order valence-corrected chi connectivity index (χ3v) is 6.30. The van der Waals surface area contributed by atoms with Crippen LogP contribution in [-0.2, 0) is 4.79 Å². The molecule has 2 aliphatic heterocycles. The summed E-state index contributed by atoms with van der Waals surface area (Å²) in [6.07, 6.45) is 1.89. The van der Waals surface area contributed by atoms with Gasteiger partial charge in [-0.3, -0.25) is 9.59 Å². The average molecular weight is 373 g/mol. The van der Waals surface area contributed by atoms with E-state index in [4.69, 9.17) is 0 Å². The van der Waals surface area contributed by atoms with E-state index in [1.54, 1.807) is 6.92 Å². The van der Waals surface area contributed by atoms with Gasteiger partial charge in [-0.2, -0.15) is 0 Å². The van der Waals surface area contributed by atoms with Gasteiger partial charge < -0.3 is 14.8 Å². The minimum absolute atomic E-state index is 0.0485. The first-order valence-corrected chi connectivity index (χ1v) is 9.80. The number of aromatic amines is 1. The first kappa shape index (κ1) is 17.0. The lowest BCUT2D eigenvalue weighted by Crippen LogP contribution is -2.36. The maximum atomic E-state index is 13.1. The number of amides is 2. The zero-order valence-corrected chi connectivity index (χ0v) is 15.8. The Hall–Kier alpha value is -3.08. The maximum Gasteiger partial charge on any atom is 0.253 e. The molecule has 2 aromatic carbocycles. The first-order valence-electron chi connectivity index (χ1n) is 9.80. The predicted octanol–water partition coefficient (Wildman–Crippen LogP) is 3.46. The Kier molecular flexibility index (Phi) is 3.97. The van der Waals surface area contributed by atoms with Gasteiger partial charge in [0.2, 0.25) is 5.91 Å². The van der Waals surface area contributed by atoms with Gasteiger partial charge in [0.05, 0.1) is 6.04 Å². The van der Waals surface area contributed by atoms with E-state index in [-0.39, 0.29) is 23.8 Å². The third kappa shape index (κ3) is 2.70. The molecule has 0 bridgehead atoms. The van der Waals surface area contributed by atoms with Gasteiger partial charge in [0, 0.05) is 55.7 Å². The third-order valence-electron chi connectivity index (χ3n) is 6.30. The highest BCUT2D eigenvalue weighted by atomic mass is 16.2. The molecule has 28 heavy (non-hydrogen) atoms. The molecule has 142 valence electrons. The molecule has 2 aliphatic rings. The molecule has 1 N–H and O–H groups in total. The number of rotatable bonds is 2. The van der Waals surface area contributed by atoms with Gasteiger partial charge in [-0.15, -0.1) is 0 Å². The molecule has 3 heterocycles. The van der Waals surface area contributed by atoms with Gasteiger partial charge in [-0.05, 0) is 29.1 Å². The van der Waals surface area contributed by atoms with Crippen molar-refractivity contribution in [3.8, 4) is 0 Å². The van der Waals surface area contributed by atoms with Crippen LogP contribution in [0.25, 0.3) is 10.9 Å². The van der Waals surface area contributed by atoms with Gasteiger partial charge >= 0.3 is 0 Å². The molecule has 3 atom stereocenters. The standard InChI is InChI=1S/C23H23N3O2/c1-15(27)26-13-19-12-25(14-20(19)22(26)17-5-3-2-4-6-17)23(28)18-8-7-16-9-10-24-21(16)11-18/h2-11,19-20,22,24H,12-14H2,1H3/t19-,20-,22+/m1/s1. The number of carbonyl (C=O) groups excluding carboxylic acids is 2. The summed E-state index contributed by atoms with van der Waals surface area (Å²) < 4.78 is 0. The summed E-state index contributed by atoms with van der Waals surface area (Å²) in [5.74, 6) is 0.794. The fourth-order valence-corrected chi connectivity index (χ4v) is 4.98. The second-order valence-electron chi connectivity index (χ2n) is 7.94. The Balaban J connectivity index is 1.41. The van der Waals surface area contributed by atoms with Crippen molar-refractivity contribution in [2.75, 3.05) is 19.6 Å². The Bertz CT molecular complexity index is 1040. The van der Waals surface area contributed by atoms with Gasteiger partial charge in [-0.1, -0.05) is 36.4 Å². The predicted molar refractivity (Wildman–Crippen MR) is 108 cm³/mol. The molecule has 0 spiro atoms. The zero-order valence-electron chi connectivity index (χ0n) is 15.8. The number of hydrogen-bond acceptors (Lipinski definition) is 2. The van der Waals surface area contributed by atoms with Crippen LogP contribution in [0.15, 0.2) is 60.8 Å². The van der Waals surface area contributed by atoms with Crippen LogP contribution in [-0.4, -0.2) is 46.2 Å². The van der Waals surface area contributed by atoms with Crippen LogP contribution in [0.2, 0.25) is 0 Å². The highest BCUT2D eigenvalue weighted by Crippen LogP contribution is 2.45. The van der Waals surface area contributed by atoms with Crippen LogP contribution in [0, 0.1) is 11.8 Å². The Morgan fingerprint density at radius 2 is 1.82 bits per heavy atom. The second kappa shape index (κ2) is 6.51. The summed E-state index contributed by atoms with van der Waals surface area (Å²) in [4.78, 5) is 32.5. The second-order valence-corrected chi connectivity index (χ2v) is 7.94. The van der Waals surface area contributed by atoms with Crippen molar-refractivity contribution >= 4 is 22.7 Å². The van der Waals surface area contributed by atoms with Gasteiger partial charge in [0.25, 0.3) is 5.91 Å². The first-order chi connectivity index (χ1) is 13.6. The number of carbonyl (C=O) groups is 2. The molecular formula is C23H23N3O2. The Labute approximate surface area is 163 Å². The fourth-order valence-electron chi connectivity index (χ4n) is 4.98. The van der Waals surface area contributed by atoms with E-state index >= 15 is 0 Å². The number of benzene rings is 2. The van der Waals surface area contributed by atoms with Crippen molar-refractivity contribution in [1.82, 2.24) is 14.8 Å². The minimum Gasteiger partial charge on any atom is -0.361 e. The topological polar surface area (TPSA) is 56.4 Å². The molecule has 0 saturated carbocycles. The normalized spacial score (nSPS) is 24.0. The fraction of sp³-hybridized carbons (Fsp3) is 0.304. The molecule has 0 unspecified atom stereocenters. The molecule has 5 nitrogen and oxygen atoms in total. The quantitative estimate of drug-likeness (QED) is 0.748. The lowest BCUT2D eigenvalue weighted by Gasteiger charge is -2.29. The summed E-state index contributed by atoms with van der Waals surface area (Å²) >= 11 is 0. The molecular weight excluding hydrogens is 350 g/mol. The molecule has 1 aromatic heterocycles. The smallest absolute Gasteiger partial charge is 0.253 e.